The first-order chi connectivity index (χ1) is 8.98. The Labute approximate surface area is 116 Å². The number of hydrogen-bond donors (Lipinski definition) is 2. The quantitative estimate of drug-likeness (QED) is 0.672. The van der Waals surface area contributed by atoms with Crippen LogP contribution in [0, 0.1) is 0 Å². The molecule has 0 radical (unpaired) electrons. The van der Waals surface area contributed by atoms with E-state index in [1.165, 1.54) is 0 Å². The van der Waals surface area contributed by atoms with Gasteiger partial charge in [0.1, 0.15) is 0 Å². The number of ether oxygens (including phenoxy) is 1. The Morgan fingerprint density at radius 2 is 2.11 bits per heavy atom. The van der Waals surface area contributed by atoms with Crippen molar-refractivity contribution in [3.63, 3.8) is 0 Å². The lowest BCUT2D eigenvalue weighted by Crippen LogP contribution is -2.51. The zero-order valence-corrected chi connectivity index (χ0v) is 12.4. The van der Waals surface area contributed by atoms with E-state index in [9.17, 15) is 9.90 Å². The van der Waals surface area contributed by atoms with Crippen molar-refractivity contribution in [3.8, 4) is 0 Å². The maximum Gasteiger partial charge on any atom is 0.237 e. The van der Waals surface area contributed by atoms with Crippen LogP contribution >= 0.6 is 0 Å². The van der Waals surface area contributed by atoms with Gasteiger partial charge in [-0.25, -0.2) is 0 Å². The molecule has 0 aromatic carbocycles. The fourth-order valence-electron chi connectivity index (χ4n) is 2.25. The number of amides is 1. The van der Waals surface area contributed by atoms with Gasteiger partial charge in [0.15, 0.2) is 0 Å². The van der Waals surface area contributed by atoms with Gasteiger partial charge in [0.05, 0.1) is 11.6 Å². The number of nitrogens with one attached hydrogen (secondary N) is 1. The highest BCUT2D eigenvalue weighted by molar-refractivity contribution is 5.81. The third-order valence-corrected chi connectivity index (χ3v) is 3.84. The van der Waals surface area contributed by atoms with Crippen molar-refractivity contribution >= 4 is 5.91 Å². The van der Waals surface area contributed by atoms with Crippen LogP contribution in [0.1, 0.15) is 39.5 Å². The molecular formula is C14H28N2O3. The largest absolute Gasteiger partial charge is 0.388 e. The highest BCUT2D eigenvalue weighted by atomic mass is 16.5. The number of carbonyl (C=O) groups excluding carboxylic acids is 1. The number of likely N-dealkylation sites (N-methyl/N-ethyl adjacent to an activating group) is 1. The van der Waals surface area contributed by atoms with Crippen LogP contribution in [0.25, 0.3) is 0 Å². The Hall–Kier alpha value is -0.650. The number of aliphatic hydroxyl groups is 1. The summed E-state index contributed by atoms with van der Waals surface area (Å²) < 4.78 is 5.26. The zero-order chi connectivity index (χ0) is 14.3. The molecule has 0 aliphatic carbocycles. The molecule has 0 aromatic heterocycles. The van der Waals surface area contributed by atoms with Gasteiger partial charge < -0.3 is 15.2 Å². The van der Waals surface area contributed by atoms with Crippen LogP contribution in [-0.4, -0.2) is 60.9 Å². The summed E-state index contributed by atoms with van der Waals surface area (Å²) in [5.41, 5.74) is -0.717. The minimum atomic E-state index is -0.717. The Balaban J connectivity index is 2.38. The van der Waals surface area contributed by atoms with E-state index in [-0.39, 0.29) is 11.9 Å². The van der Waals surface area contributed by atoms with Crippen molar-refractivity contribution in [2.45, 2.75) is 51.2 Å². The maximum absolute atomic E-state index is 11.9. The third kappa shape index (κ3) is 5.47. The summed E-state index contributed by atoms with van der Waals surface area (Å²) in [6, 6.07) is -0.219. The van der Waals surface area contributed by atoms with Gasteiger partial charge in [0, 0.05) is 39.1 Å². The average molecular weight is 272 g/mol. The highest BCUT2D eigenvalue weighted by Gasteiger charge is 2.33. The molecule has 1 atom stereocenters. The van der Waals surface area contributed by atoms with Crippen LogP contribution in [-0.2, 0) is 9.53 Å². The average Bonchev–Trinajstić information content (AvgIpc) is 2.38. The van der Waals surface area contributed by atoms with E-state index in [1.807, 2.05) is 18.9 Å². The molecule has 1 unspecified atom stereocenters. The van der Waals surface area contributed by atoms with Gasteiger partial charge >= 0.3 is 0 Å². The molecule has 5 nitrogen and oxygen atoms in total. The minimum Gasteiger partial charge on any atom is -0.388 e. The molecule has 0 aromatic rings. The Kier molecular flexibility index (Phi) is 6.75. The van der Waals surface area contributed by atoms with Gasteiger partial charge in [-0.2, -0.15) is 0 Å². The molecule has 112 valence electrons. The molecule has 0 saturated carbocycles. The lowest BCUT2D eigenvalue weighted by molar-refractivity contribution is -0.128. The van der Waals surface area contributed by atoms with Crippen molar-refractivity contribution in [1.82, 2.24) is 10.2 Å². The van der Waals surface area contributed by atoms with Gasteiger partial charge in [-0.15, -0.1) is 0 Å². The van der Waals surface area contributed by atoms with Crippen LogP contribution in [0.5, 0.6) is 0 Å². The van der Waals surface area contributed by atoms with Crippen LogP contribution in [0.4, 0.5) is 0 Å². The first kappa shape index (κ1) is 16.4. The first-order valence-corrected chi connectivity index (χ1v) is 7.26. The summed E-state index contributed by atoms with van der Waals surface area (Å²) in [4.78, 5) is 13.9. The Morgan fingerprint density at radius 1 is 1.47 bits per heavy atom. The fourth-order valence-corrected chi connectivity index (χ4v) is 2.25. The lowest BCUT2D eigenvalue weighted by atomic mass is 9.93. The van der Waals surface area contributed by atoms with Crippen molar-refractivity contribution in [2.24, 2.45) is 0 Å². The molecule has 1 fully saturated rings. The molecule has 1 saturated heterocycles. The summed E-state index contributed by atoms with van der Waals surface area (Å²) in [5, 5.41) is 13.4. The van der Waals surface area contributed by atoms with Crippen LogP contribution < -0.4 is 5.32 Å². The third-order valence-electron chi connectivity index (χ3n) is 3.84. The van der Waals surface area contributed by atoms with Gasteiger partial charge in [-0.05, 0) is 20.4 Å². The van der Waals surface area contributed by atoms with Crippen molar-refractivity contribution in [1.29, 1.82) is 0 Å². The molecule has 0 bridgehead atoms. The second-order valence-corrected chi connectivity index (χ2v) is 5.57. The van der Waals surface area contributed by atoms with Crippen molar-refractivity contribution < 1.29 is 14.6 Å². The molecule has 1 aliphatic heterocycles. The molecule has 0 spiro atoms. The molecule has 1 aliphatic rings. The van der Waals surface area contributed by atoms with Crippen LogP contribution in [0.2, 0.25) is 0 Å². The summed E-state index contributed by atoms with van der Waals surface area (Å²) >= 11 is 0. The number of unbranched alkanes of at least 4 members (excludes halogenated alkanes) is 1. The second-order valence-electron chi connectivity index (χ2n) is 5.57. The van der Waals surface area contributed by atoms with E-state index in [1.54, 1.807) is 0 Å². The number of carbonyl (C=O) groups is 1. The van der Waals surface area contributed by atoms with E-state index >= 15 is 0 Å². The van der Waals surface area contributed by atoms with Gasteiger partial charge in [0.25, 0.3) is 0 Å². The van der Waals surface area contributed by atoms with Crippen LogP contribution in [0.15, 0.2) is 0 Å². The summed E-state index contributed by atoms with van der Waals surface area (Å²) in [6.45, 7) is 6.42. The molecule has 1 rings (SSSR count). The Bertz CT molecular complexity index is 278. The smallest absolute Gasteiger partial charge is 0.237 e. The number of hydrogen-bond acceptors (Lipinski definition) is 4. The standard InChI is InChI=1S/C14H28N2O3/c1-4-5-8-15-13(17)12(2)16(3)11-14(18)6-9-19-10-7-14/h12,18H,4-11H2,1-3H3,(H,15,17). The van der Waals surface area contributed by atoms with E-state index < -0.39 is 5.60 Å². The van der Waals surface area contributed by atoms with Gasteiger partial charge in [-0.3, -0.25) is 9.69 Å². The lowest BCUT2D eigenvalue weighted by Gasteiger charge is -2.37. The van der Waals surface area contributed by atoms with E-state index in [2.05, 4.69) is 12.2 Å². The van der Waals surface area contributed by atoms with Crippen molar-refractivity contribution in [3.05, 3.63) is 0 Å². The predicted octanol–water partition coefficient (Wildman–Crippen LogP) is 0.764. The van der Waals surface area contributed by atoms with Crippen LogP contribution in [0.3, 0.4) is 0 Å². The summed E-state index contributed by atoms with van der Waals surface area (Å²) in [6.07, 6.45) is 3.36. The Morgan fingerprint density at radius 3 is 2.68 bits per heavy atom. The molecule has 5 heteroatoms. The topological polar surface area (TPSA) is 61.8 Å². The number of rotatable bonds is 7. The maximum atomic E-state index is 11.9. The predicted molar refractivity (Wildman–Crippen MR) is 75.0 cm³/mol. The molecule has 1 heterocycles. The van der Waals surface area contributed by atoms with Gasteiger partial charge in [0.2, 0.25) is 5.91 Å². The fraction of sp³-hybridized carbons (Fsp3) is 0.929. The van der Waals surface area contributed by atoms with E-state index in [0.29, 0.717) is 32.6 Å². The minimum absolute atomic E-state index is 0.0339. The molecule has 1 amide bonds. The van der Waals surface area contributed by atoms with E-state index in [0.717, 1.165) is 19.4 Å². The monoisotopic (exact) mass is 272 g/mol. The summed E-state index contributed by atoms with van der Waals surface area (Å²) in [7, 11) is 1.89. The normalized spacial score (nSPS) is 20.3. The van der Waals surface area contributed by atoms with Gasteiger partial charge in [-0.1, -0.05) is 13.3 Å². The molecular weight excluding hydrogens is 244 g/mol. The number of nitrogens with zero attached hydrogens (tertiary/aromatic N) is 1. The molecule has 2 N–H and O–H groups in total. The van der Waals surface area contributed by atoms with Crippen molar-refractivity contribution in [2.75, 3.05) is 33.4 Å². The highest BCUT2D eigenvalue weighted by Crippen LogP contribution is 2.21. The summed E-state index contributed by atoms with van der Waals surface area (Å²) in [5.74, 6) is 0.0339. The first-order valence-electron chi connectivity index (χ1n) is 7.26. The second kappa shape index (κ2) is 7.82. The molecule has 19 heavy (non-hydrogen) atoms. The SMILES string of the molecule is CCCCNC(=O)C(C)N(C)CC1(O)CCOCC1. The van der Waals surface area contributed by atoms with E-state index in [4.69, 9.17) is 4.74 Å². The zero-order valence-electron chi connectivity index (χ0n) is 12.4.